The smallest absolute Gasteiger partial charge is 0.0644 e. The van der Waals surface area contributed by atoms with Crippen molar-refractivity contribution in [3.8, 4) is 0 Å². The Balaban J connectivity index is 2.23. The lowest BCUT2D eigenvalue weighted by Crippen LogP contribution is -2.07. The normalized spacial score (nSPS) is 12.3. The first-order chi connectivity index (χ1) is 8.99. The quantitative estimate of drug-likeness (QED) is 0.635. The third-order valence-electron chi connectivity index (χ3n) is 2.75. The van der Waals surface area contributed by atoms with Crippen LogP contribution in [0.25, 0.3) is 0 Å². The maximum Gasteiger partial charge on any atom is 0.0644 e. The van der Waals surface area contributed by atoms with E-state index < -0.39 is 0 Å². The molecular weight excluding hydrogens is 368 g/mol. The Morgan fingerprint density at radius 1 is 1.05 bits per heavy atom. The number of benzene rings is 2. The molecule has 0 radical (unpaired) electrons. The van der Waals surface area contributed by atoms with Gasteiger partial charge in [-0.3, -0.25) is 0 Å². The lowest BCUT2D eigenvalue weighted by molar-refractivity contribution is 0.885. The molecule has 5 heteroatoms. The van der Waals surface area contributed by atoms with Crippen LogP contribution in [0.3, 0.4) is 0 Å². The molecule has 0 aromatic heterocycles. The molecule has 0 fully saturated rings. The summed E-state index contributed by atoms with van der Waals surface area (Å²) in [6, 6.07) is 11.4. The van der Waals surface area contributed by atoms with Crippen LogP contribution in [0, 0.1) is 0 Å². The van der Waals surface area contributed by atoms with Gasteiger partial charge in [-0.2, -0.15) is 0 Å². The van der Waals surface area contributed by atoms with Crippen molar-refractivity contribution in [1.29, 1.82) is 0 Å². The standard InChI is InChI=1S/C14H11BrCl3N/c1-8(10-3-2-4-12(16)14(10)18)19-9-5-6-11(15)13(17)7-9/h2-8,19H,1H3. The first kappa shape index (κ1) is 15.0. The summed E-state index contributed by atoms with van der Waals surface area (Å²) >= 11 is 21.7. The molecule has 1 atom stereocenters. The Bertz CT molecular complexity index is 601. The molecule has 0 aliphatic rings. The molecule has 0 heterocycles. The highest BCUT2D eigenvalue weighted by Gasteiger charge is 2.12. The highest BCUT2D eigenvalue weighted by Crippen LogP contribution is 2.32. The van der Waals surface area contributed by atoms with Crippen molar-refractivity contribution >= 4 is 56.4 Å². The van der Waals surface area contributed by atoms with E-state index in [4.69, 9.17) is 34.8 Å². The van der Waals surface area contributed by atoms with Gasteiger partial charge >= 0.3 is 0 Å². The van der Waals surface area contributed by atoms with Crippen molar-refractivity contribution in [3.05, 3.63) is 61.5 Å². The van der Waals surface area contributed by atoms with Gasteiger partial charge in [0.25, 0.3) is 0 Å². The van der Waals surface area contributed by atoms with Crippen LogP contribution in [0.2, 0.25) is 15.1 Å². The van der Waals surface area contributed by atoms with Gasteiger partial charge in [0.2, 0.25) is 0 Å². The zero-order valence-electron chi connectivity index (χ0n) is 10.1. The molecule has 0 bridgehead atoms. The van der Waals surface area contributed by atoms with Crippen molar-refractivity contribution in [2.75, 3.05) is 5.32 Å². The van der Waals surface area contributed by atoms with Gasteiger partial charge in [0.15, 0.2) is 0 Å². The molecule has 2 rings (SSSR count). The highest BCUT2D eigenvalue weighted by atomic mass is 79.9. The summed E-state index contributed by atoms with van der Waals surface area (Å²) in [6.45, 7) is 2.02. The van der Waals surface area contributed by atoms with Crippen LogP contribution < -0.4 is 5.32 Å². The topological polar surface area (TPSA) is 12.0 Å². The van der Waals surface area contributed by atoms with E-state index in [1.165, 1.54) is 0 Å². The van der Waals surface area contributed by atoms with E-state index in [2.05, 4.69) is 21.2 Å². The largest absolute Gasteiger partial charge is 0.378 e. The summed E-state index contributed by atoms with van der Waals surface area (Å²) in [4.78, 5) is 0. The molecule has 0 saturated carbocycles. The van der Waals surface area contributed by atoms with Gasteiger partial charge in [0.1, 0.15) is 0 Å². The van der Waals surface area contributed by atoms with E-state index in [0.29, 0.717) is 15.1 Å². The number of halogens is 4. The van der Waals surface area contributed by atoms with E-state index in [9.17, 15) is 0 Å². The summed E-state index contributed by atoms with van der Waals surface area (Å²) < 4.78 is 0.869. The Kier molecular flexibility index (Phi) is 5.02. The van der Waals surface area contributed by atoms with Gasteiger partial charge in [-0.05, 0) is 52.7 Å². The summed E-state index contributed by atoms with van der Waals surface area (Å²) in [5.41, 5.74) is 1.88. The van der Waals surface area contributed by atoms with Gasteiger partial charge in [0.05, 0.1) is 21.1 Å². The maximum absolute atomic E-state index is 6.21. The fourth-order valence-electron chi connectivity index (χ4n) is 1.77. The minimum Gasteiger partial charge on any atom is -0.378 e. The van der Waals surface area contributed by atoms with Gasteiger partial charge in [-0.15, -0.1) is 0 Å². The van der Waals surface area contributed by atoms with Gasteiger partial charge in [-0.25, -0.2) is 0 Å². The zero-order valence-corrected chi connectivity index (χ0v) is 13.9. The van der Waals surface area contributed by atoms with Gasteiger partial charge in [0, 0.05) is 10.2 Å². The summed E-state index contributed by atoms with van der Waals surface area (Å²) in [5, 5.41) is 5.14. The zero-order chi connectivity index (χ0) is 14.0. The Morgan fingerprint density at radius 2 is 1.79 bits per heavy atom. The Morgan fingerprint density at radius 3 is 2.47 bits per heavy atom. The second-order valence-electron chi connectivity index (χ2n) is 4.14. The third kappa shape index (κ3) is 3.57. The molecule has 1 N–H and O–H groups in total. The third-order valence-corrected chi connectivity index (χ3v) is 4.82. The fraction of sp³-hybridized carbons (Fsp3) is 0.143. The predicted molar refractivity (Wildman–Crippen MR) is 87.7 cm³/mol. The molecule has 0 spiro atoms. The number of nitrogens with one attached hydrogen (secondary N) is 1. The lowest BCUT2D eigenvalue weighted by Gasteiger charge is -2.18. The van der Waals surface area contributed by atoms with Crippen molar-refractivity contribution in [1.82, 2.24) is 0 Å². The molecule has 2 aromatic rings. The van der Waals surface area contributed by atoms with Gasteiger partial charge < -0.3 is 5.32 Å². The van der Waals surface area contributed by atoms with Crippen LogP contribution in [0.4, 0.5) is 5.69 Å². The minimum absolute atomic E-state index is 0.0310. The van der Waals surface area contributed by atoms with E-state index in [-0.39, 0.29) is 6.04 Å². The lowest BCUT2D eigenvalue weighted by atomic mass is 10.1. The van der Waals surface area contributed by atoms with E-state index in [1.807, 2.05) is 37.3 Å². The Hall–Kier alpha value is -0.410. The SMILES string of the molecule is CC(Nc1ccc(Br)c(Cl)c1)c1cccc(Cl)c1Cl. The second-order valence-corrected chi connectivity index (χ2v) is 6.18. The number of hydrogen-bond acceptors (Lipinski definition) is 1. The number of anilines is 1. The Labute approximate surface area is 136 Å². The van der Waals surface area contributed by atoms with Crippen molar-refractivity contribution in [3.63, 3.8) is 0 Å². The molecule has 2 aromatic carbocycles. The van der Waals surface area contributed by atoms with Crippen molar-refractivity contribution in [2.45, 2.75) is 13.0 Å². The molecule has 1 unspecified atom stereocenters. The average Bonchev–Trinajstić information content (AvgIpc) is 2.37. The van der Waals surface area contributed by atoms with Crippen LogP contribution in [0.15, 0.2) is 40.9 Å². The molecular formula is C14H11BrCl3N. The van der Waals surface area contributed by atoms with E-state index in [0.717, 1.165) is 15.7 Å². The minimum atomic E-state index is 0.0310. The van der Waals surface area contributed by atoms with Gasteiger partial charge in [-0.1, -0.05) is 46.9 Å². The van der Waals surface area contributed by atoms with Crippen molar-refractivity contribution in [2.24, 2.45) is 0 Å². The molecule has 100 valence electrons. The van der Waals surface area contributed by atoms with Crippen LogP contribution in [0.1, 0.15) is 18.5 Å². The first-order valence-electron chi connectivity index (χ1n) is 5.64. The molecule has 0 aliphatic heterocycles. The van der Waals surface area contributed by atoms with E-state index in [1.54, 1.807) is 6.07 Å². The summed E-state index contributed by atoms with van der Waals surface area (Å²) in [5.74, 6) is 0. The first-order valence-corrected chi connectivity index (χ1v) is 7.57. The van der Waals surface area contributed by atoms with Crippen LogP contribution in [-0.2, 0) is 0 Å². The number of rotatable bonds is 3. The monoisotopic (exact) mass is 377 g/mol. The van der Waals surface area contributed by atoms with Crippen LogP contribution in [-0.4, -0.2) is 0 Å². The molecule has 1 nitrogen and oxygen atoms in total. The number of hydrogen-bond donors (Lipinski definition) is 1. The highest BCUT2D eigenvalue weighted by molar-refractivity contribution is 9.10. The van der Waals surface area contributed by atoms with E-state index >= 15 is 0 Å². The second kappa shape index (κ2) is 6.36. The predicted octanol–water partition coefficient (Wildman–Crippen LogP) is 6.58. The molecule has 0 aliphatic carbocycles. The maximum atomic E-state index is 6.21. The van der Waals surface area contributed by atoms with Crippen molar-refractivity contribution < 1.29 is 0 Å². The molecule has 19 heavy (non-hydrogen) atoms. The van der Waals surface area contributed by atoms with Crippen LogP contribution >= 0.6 is 50.7 Å². The molecule has 0 amide bonds. The average molecular weight is 380 g/mol. The summed E-state index contributed by atoms with van der Waals surface area (Å²) in [6.07, 6.45) is 0. The van der Waals surface area contributed by atoms with Crippen LogP contribution in [0.5, 0.6) is 0 Å². The fourth-order valence-corrected chi connectivity index (χ4v) is 2.67. The molecule has 0 saturated heterocycles. The summed E-state index contributed by atoms with van der Waals surface area (Å²) in [7, 11) is 0.